The van der Waals surface area contributed by atoms with Crippen LogP contribution in [0, 0.1) is 5.82 Å². The summed E-state index contributed by atoms with van der Waals surface area (Å²) in [4.78, 5) is 35.5. The normalized spacial score (nSPS) is 13.2. The molecule has 1 aliphatic rings. The molecule has 13 heteroatoms. The summed E-state index contributed by atoms with van der Waals surface area (Å²) in [6.45, 7) is -1.17. The number of halogens is 4. The van der Waals surface area contributed by atoms with E-state index in [0.717, 1.165) is 18.2 Å². The molecule has 0 atom stereocenters. The topological polar surface area (TPSA) is 115 Å². The van der Waals surface area contributed by atoms with Gasteiger partial charge in [-0.2, -0.15) is 0 Å². The first-order chi connectivity index (χ1) is 15.1. The Balaban J connectivity index is 1.35. The van der Waals surface area contributed by atoms with Gasteiger partial charge in [-0.25, -0.2) is 4.39 Å². The van der Waals surface area contributed by atoms with Crippen molar-refractivity contribution in [2.45, 2.75) is 6.29 Å². The molecule has 0 fully saturated rings. The summed E-state index contributed by atoms with van der Waals surface area (Å²) >= 11 is 5.54. The van der Waals surface area contributed by atoms with Crippen LogP contribution in [0.1, 0.15) is 10.4 Å². The predicted octanol–water partition coefficient (Wildman–Crippen LogP) is 1.80. The lowest BCUT2D eigenvalue weighted by atomic mass is 10.2. The second-order valence-electron chi connectivity index (χ2n) is 6.25. The first-order valence-corrected chi connectivity index (χ1v) is 9.30. The minimum Gasteiger partial charge on any atom is -0.484 e. The first kappa shape index (κ1) is 23.0. The lowest BCUT2D eigenvalue weighted by Crippen LogP contribution is -2.43. The summed E-state index contributed by atoms with van der Waals surface area (Å²) in [7, 11) is 0. The van der Waals surface area contributed by atoms with E-state index in [-0.39, 0.29) is 34.5 Å². The van der Waals surface area contributed by atoms with Crippen LogP contribution in [-0.2, 0) is 9.59 Å². The van der Waals surface area contributed by atoms with Crippen molar-refractivity contribution in [1.29, 1.82) is 0 Å². The monoisotopic (exact) mass is 473 g/mol. The van der Waals surface area contributed by atoms with E-state index in [0.29, 0.717) is 0 Å². The SMILES string of the molecule is O=C(CNC(=O)COc1ccc(Cl)c(F)c1)NCNC(=O)c1ccc2c(c1)OC(F)(F)O2. The molecule has 1 aliphatic heterocycles. The fraction of sp³-hybridized carbons (Fsp3) is 0.211. The summed E-state index contributed by atoms with van der Waals surface area (Å²) < 4.78 is 52.9. The lowest BCUT2D eigenvalue weighted by Gasteiger charge is -2.10. The Labute approximate surface area is 183 Å². The molecule has 0 spiro atoms. The summed E-state index contributed by atoms with van der Waals surface area (Å²) in [5, 5.41) is 6.85. The molecule has 3 rings (SSSR count). The van der Waals surface area contributed by atoms with Crippen LogP contribution in [-0.4, -0.2) is 43.8 Å². The minimum absolute atomic E-state index is 0.00314. The van der Waals surface area contributed by atoms with Crippen molar-refractivity contribution in [1.82, 2.24) is 16.0 Å². The van der Waals surface area contributed by atoms with Crippen molar-refractivity contribution in [3.8, 4) is 17.2 Å². The molecule has 1 heterocycles. The maximum atomic E-state index is 13.3. The van der Waals surface area contributed by atoms with Gasteiger partial charge in [0.05, 0.1) is 18.2 Å². The molecular formula is C19H15ClF3N3O6. The van der Waals surface area contributed by atoms with Crippen molar-refractivity contribution in [2.75, 3.05) is 19.8 Å². The Morgan fingerprint density at radius 3 is 2.47 bits per heavy atom. The zero-order chi connectivity index (χ0) is 23.3. The average Bonchev–Trinajstić information content (AvgIpc) is 3.05. The van der Waals surface area contributed by atoms with Gasteiger partial charge < -0.3 is 30.2 Å². The summed E-state index contributed by atoms with van der Waals surface area (Å²) in [6.07, 6.45) is -3.80. The highest BCUT2D eigenvalue weighted by atomic mass is 35.5. The number of nitrogens with one attached hydrogen (secondary N) is 3. The summed E-state index contributed by atoms with van der Waals surface area (Å²) in [5.74, 6) is -3.05. The fourth-order valence-corrected chi connectivity index (χ4v) is 2.54. The van der Waals surface area contributed by atoms with Crippen LogP contribution in [0.5, 0.6) is 17.2 Å². The second-order valence-corrected chi connectivity index (χ2v) is 6.66. The minimum atomic E-state index is -3.80. The molecule has 9 nitrogen and oxygen atoms in total. The van der Waals surface area contributed by atoms with E-state index in [1.807, 2.05) is 0 Å². The standard InChI is InChI=1S/C19H15ClF3N3O6/c20-12-3-2-11(6-13(12)21)30-8-17(28)24-7-16(27)25-9-26-18(29)10-1-4-14-15(5-10)32-19(22,23)31-14/h1-6H,7-9H2,(H,24,28)(H,25,27)(H,26,29). The van der Waals surface area contributed by atoms with E-state index >= 15 is 0 Å². The van der Waals surface area contributed by atoms with Gasteiger partial charge in [-0.3, -0.25) is 14.4 Å². The molecule has 0 bridgehead atoms. The van der Waals surface area contributed by atoms with Crippen molar-refractivity contribution >= 4 is 29.3 Å². The number of ether oxygens (including phenoxy) is 3. The molecular weight excluding hydrogens is 459 g/mol. The molecule has 32 heavy (non-hydrogen) atoms. The van der Waals surface area contributed by atoms with E-state index in [4.69, 9.17) is 16.3 Å². The van der Waals surface area contributed by atoms with Crippen LogP contribution in [0.25, 0.3) is 0 Å². The first-order valence-electron chi connectivity index (χ1n) is 8.92. The molecule has 0 aliphatic carbocycles. The third-order valence-corrected chi connectivity index (χ3v) is 4.21. The smallest absolute Gasteiger partial charge is 0.484 e. The van der Waals surface area contributed by atoms with Crippen LogP contribution >= 0.6 is 11.6 Å². The third-order valence-electron chi connectivity index (χ3n) is 3.91. The third kappa shape index (κ3) is 6.17. The van der Waals surface area contributed by atoms with E-state index < -0.39 is 43.0 Å². The van der Waals surface area contributed by atoms with Gasteiger partial charge in [-0.1, -0.05) is 11.6 Å². The number of benzene rings is 2. The van der Waals surface area contributed by atoms with Crippen LogP contribution in [0.4, 0.5) is 13.2 Å². The highest BCUT2D eigenvalue weighted by Crippen LogP contribution is 2.41. The maximum absolute atomic E-state index is 13.3. The number of amides is 3. The summed E-state index contributed by atoms with van der Waals surface area (Å²) in [6, 6.07) is 7.12. The molecule has 2 aromatic carbocycles. The van der Waals surface area contributed by atoms with Gasteiger partial charge in [0.1, 0.15) is 11.6 Å². The van der Waals surface area contributed by atoms with Gasteiger partial charge in [-0.05, 0) is 30.3 Å². The highest BCUT2D eigenvalue weighted by Gasteiger charge is 2.43. The highest BCUT2D eigenvalue weighted by molar-refractivity contribution is 6.30. The van der Waals surface area contributed by atoms with Gasteiger partial charge in [0, 0.05) is 11.6 Å². The maximum Gasteiger partial charge on any atom is 0.586 e. The van der Waals surface area contributed by atoms with Crippen molar-refractivity contribution in [3.63, 3.8) is 0 Å². The number of carbonyl (C=O) groups is 3. The molecule has 170 valence electrons. The number of alkyl halides is 2. The molecule has 3 N–H and O–H groups in total. The predicted molar refractivity (Wildman–Crippen MR) is 103 cm³/mol. The quantitative estimate of drug-likeness (QED) is 0.504. The Hall–Kier alpha value is -3.67. The Morgan fingerprint density at radius 2 is 1.72 bits per heavy atom. The van der Waals surface area contributed by atoms with Crippen molar-refractivity contribution in [3.05, 3.63) is 52.8 Å². The lowest BCUT2D eigenvalue weighted by molar-refractivity contribution is -0.286. The summed E-state index contributed by atoms with van der Waals surface area (Å²) in [5.41, 5.74) is 0.00314. The molecule has 0 unspecified atom stereocenters. The Morgan fingerprint density at radius 1 is 0.969 bits per heavy atom. The number of hydrogen-bond donors (Lipinski definition) is 3. The zero-order valence-electron chi connectivity index (χ0n) is 16.0. The Kier molecular flexibility index (Phi) is 6.93. The number of rotatable bonds is 8. The second kappa shape index (κ2) is 9.64. The fourth-order valence-electron chi connectivity index (χ4n) is 2.42. The van der Waals surface area contributed by atoms with Crippen LogP contribution in [0.2, 0.25) is 5.02 Å². The molecule has 3 amide bonds. The average molecular weight is 474 g/mol. The van der Waals surface area contributed by atoms with Gasteiger partial charge >= 0.3 is 6.29 Å². The molecule has 0 radical (unpaired) electrons. The van der Waals surface area contributed by atoms with Crippen molar-refractivity contribution in [2.24, 2.45) is 0 Å². The molecule has 0 saturated heterocycles. The van der Waals surface area contributed by atoms with E-state index in [2.05, 4.69) is 25.4 Å². The molecule has 2 aromatic rings. The zero-order valence-corrected chi connectivity index (χ0v) is 16.8. The van der Waals surface area contributed by atoms with Crippen LogP contribution in [0.3, 0.4) is 0 Å². The Bertz CT molecular complexity index is 1050. The number of hydrogen-bond acceptors (Lipinski definition) is 6. The number of fused-ring (bicyclic) bond motifs is 1. The van der Waals surface area contributed by atoms with Crippen molar-refractivity contribution < 1.29 is 41.8 Å². The van der Waals surface area contributed by atoms with Crippen LogP contribution in [0.15, 0.2) is 36.4 Å². The van der Waals surface area contributed by atoms with E-state index in [9.17, 15) is 27.6 Å². The van der Waals surface area contributed by atoms with Crippen LogP contribution < -0.4 is 30.2 Å². The molecule has 0 saturated carbocycles. The molecule has 0 aromatic heterocycles. The van der Waals surface area contributed by atoms with E-state index in [1.165, 1.54) is 18.2 Å². The number of carbonyl (C=O) groups excluding carboxylic acids is 3. The van der Waals surface area contributed by atoms with Gasteiger partial charge in [0.15, 0.2) is 18.1 Å². The van der Waals surface area contributed by atoms with Gasteiger partial charge in [0.2, 0.25) is 5.91 Å². The largest absolute Gasteiger partial charge is 0.586 e. The van der Waals surface area contributed by atoms with E-state index in [1.54, 1.807) is 0 Å². The van der Waals surface area contributed by atoms with Gasteiger partial charge in [-0.15, -0.1) is 8.78 Å². The van der Waals surface area contributed by atoms with Gasteiger partial charge in [0.25, 0.3) is 11.8 Å².